The van der Waals surface area contributed by atoms with Crippen LogP contribution in [0.5, 0.6) is 0 Å². The number of carbonyl (C=O) groups is 2. The normalized spacial score (nSPS) is 19.7. The lowest BCUT2D eigenvalue weighted by molar-refractivity contribution is -0.151. The molecular weight excluding hydrogens is 502 g/mol. The van der Waals surface area contributed by atoms with Gasteiger partial charge in [-0.3, -0.25) is 9.36 Å². The summed E-state index contributed by atoms with van der Waals surface area (Å²) in [6.45, 7) is 9.84. The Morgan fingerprint density at radius 3 is 2.55 bits per heavy atom. The number of ether oxygens (including phenoxy) is 2. The molecule has 3 aromatic rings. The number of nitrogens with zero attached hydrogens (tertiary/aromatic N) is 2. The van der Waals surface area contributed by atoms with E-state index < -0.39 is 17.3 Å². The van der Waals surface area contributed by atoms with Crippen molar-refractivity contribution in [3.8, 4) is 10.4 Å². The van der Waals surface area contributed by atoms with Crippen LogP contribution in [0.25, 0.3) is 21.3 Å². The first-order valence-electron chi connectivity index (χ1n) is 13.4. The minimum atomic E-state index is -1.14. The van der Waals surface area contributed by atoms with Gasteiger partial charge in [0.2, 0.25) is 0 Å². The van der Waals surface area contributed by atoms with E-state index in [1.807, 2.05) is 39.8 Å². The summed E-state index contributed by atoms with van der Waals surface area (Å²) >= 11 is 1.41. The summed E-state index contributed by atoms with van der Waals surface area (Å²) in [6, 6.07) is 5.40. The molecular formula is C29H39N3O5S. The molecule has 0 saturated heterocycles. The number of hydrogen-bond acceptors (Lipinski definition) is 8. The summed E-state index contributed by atoms with van der Waals surface area (Å²) in [7, 11) is 0. The monoisotopic (exact) mass is 541 g/mol. The van der Waals surface area contributed by atoms with E-state index in [2.05, 4.69) is 11.9 Å². The summed E-state index contributed by atoms with van der Waals surface area (Å²) in [6.07, 6.45) is 7.74. The molecule has 1 aliphatic carbocycles. The second-order valence-corrected chi connectivity index (χ2v) is 12.4. The molecule has 2 aromatic heterocycles. The molecule has 1 aromatic carbocycles. The number of unbranched alkanes of at least 4 members (excludes halogenated alkanes) is 1. The van der Waals surface area contributed by atoms with Crippen LogP contribution < -0.4 is 5.73 Å². The second-order valence-electron chi connectivity index (χ2n) is 11.4. The quantitative estimate of drug-likeness (QED) is 0.199. The molecule has 0 radical (unpaired) electrons. The Kier molecular flexibility index (Phi) is 8.18. The van der Waals surface area contributed by atoms with E-state index >= 15 is 0 Å². The number of nitrogen functional groups attached to an aromatic ring is 1. The fourth-order valence-corrected chi connectivity index (χ4v) is 6.10. The van der Waals surface area contributed by atoms with Gasteiger partial charge >= 0.3 is 12.1 Å². The van der Waals surface area contributed by atoms with Crippen LogP contribution in [0.4, 0.5) is 10.5 Å². The Morgan fingerprint density at radius 1 is 1.18 bits per heavy atom. The van der Waals surface area contributed by atoms with Crippen molar-refractivity contribution in [1.29, 1.82) is 0 Å². The molecule has 0 spiro atoms. The summed E-state index contributed by atoms with van der Waals surface area (Å²) in [5, 5.41) is 13.0. The Balaban J connectivity index is 1.55. The van der Waals surface area contributed by atoms with Crippen molar-refractivity contribution >= 4 is 40.0 Å². The van der Waals surface area contributed by atoms with Crippen molar-refractivity contribution in [3.63, 3.8) is 0 Å². The summed E-state index contributed by atoms with van der Waals surface area (Å²) < 4.78 is 12.5. The predicted octanol–water partition coefficient (Wildman–Crippen LogP) is 6.49. The number of carbonyl (C=O) groups excluding carboxylic acids is 2. The van der Waals surface area contributed by atoms with Gasteiger partial charge in [-0.15, -0.1) is 11.3 Å². The highest BCUT2D eigenvalue weighted by Crippen LogP contribution is 2.44. The van der Waals surface area contributed by atoms with E-state index in [-0.39, 0.29) is 17.8 Å². The van der Waals surface area contributed by atoms with Crippen LogP contribution in [-0.2, 0) is 19.9 Å². The standard InChI is InChI=1S/C29H39N3O5S/c1-6-7-14-36-25(33)18-8-10-19(11-9-18)29(5,35)26-31-16-24(38-26)22-17-32(27(34)37-28(2,3)4)23-13-12-20(30)15-21(22)23/h12-13,15-19,35H,6-11,14,30H2,1-5H3. The Labute approximate surface area is 228 Å². The van der Waals surface area contributed by atoms with E-state index in [9.17, 15) is 14.7 Å². The molecule has 0 amide bonds. The lowest BCUT2D eigenvalue weighted by atomic mass is 9.74. The number of hydrogen-bond donors (Lipinski definition) is 2. The molecule has 1 unspecified atom stereocenters. The maximum Gasteiger partial charge on any atom is 0.419 e. The van der Waals surface area contributed by atoms with Gasteiger partial charge < -0.3 is 20.3 Å². The first-order valence-corrected chi connectivity index (χ1v) is 14.2. The van der Waals surface area contributed by atoms with E-state index in [1.165, 1.54) is 15.9 Å². The predicted molar refractivity (Wildman–Crippen MR) is 150 cm³/mol. The lowest BCUT2D eigenvalue weighted by Gasteiger charge is -2.36. The van der Waals surface area contributed by atoms with E-state index in [0.717, 1.165) is 41.5 Å². The zero-order valence-electron chi connectivity index (χ0n) is 23.0. The zero-order valence-corrected chi connectivity index (χ0v) is 23.8. The van der Waals surface area contributed by atoms with Gasteiger partial charge in [-0.25, -0.2) is 9.78 Å². The molecule has 1 aliphatic rings. The Bertz CT molecular complexity index is 1300. The molecule has 9 heteroatoms. The average molecular weight is 542 g/mol. The number of thiazole rings is 1. The van der Waals surface area contributed by atoms with Gasteiger partial charge in [-0.05, 0) is 83.9 Å². The number of aliphatic hydroxyl groups is 1. The SMILES string of the molecule is CCCCOC(=O)C1CCC(C(C)(O)c2ncc(-c3cn(C(=O)OC(C)(C)C)c4ccc(N)cc34)s2)CC1. The van der Waals surface area contributed by atoms with Crippen LogP contribution in [-0.4, -0.2) is 38.9 Å². The molecule has 1 fully saturated rings. The van der Waals surface area contributed by atoms with E-state index in [1.54, 1.807) is 18.5 Å². The summed E-state index contributed by atoms with van der Waals surface area (Å²) in [5.74, 6) is -0.233. The number of fused-ring (bicyclic) bond motifs is 1. The van der Waals surface area contributed by atoms with Crippen molar-refractivity contribution in [2.75, 3.05) is 12.3 Å². The molecule has 38 heavy (non-hydrogen) atoms. The number of rotatable bonds is 7. The van der Waals surface area contributed by atoms with Gasteiger partial charge in [-0.1, -0.05) is 13.3 Å². The molecule has 0 bridgehead atoms. The number of nitrogens with two attached hydrogens (primary N) is 1. The first kappa shape index (κ1) is 28.1. The average Bonchev–Trinajstić information content (AvgIpc) is 3.48. The highest BCUT2D eigenvalue weighted by molar-refractivity contribution is 7.15. The molecule has 1 saturated carbocycles. The van der Waals surface area contributed by atoms with Crippen LogP contribution in [0.2, 0.25) is 0 Å². The minimum Gasteiger partial charge on any atom is -0.465 e. The fraction of sp³-hybridized carbons (Fsp3) is 0.552. The summed E-state index contributed by atoms with van der Waals surface area (Å²) in [4.78, 5) is 30.8. The van der Waals surface area contributed by atoms with Crippen molar-refractivity contribution in [1.82, 2.24) is 9.55 Å². The van der Waals surface area contributed by atoms with Gasteiger partial charge in [0.1, 0.15) is 16.2 Å². The number of benzene rings is 1. The molecule has 4 rings (SSSR count). The van der Waals surface area contributed by atoms with Crippen molar-refractivity contribution in [2.45, 2.75) is 84.3 Å². The first-order chi connectivity index (χ1) is 17.9. The van der Waals surface area contributed by atoms with Crippen molar-refractivity contribution in [3.05, 3.63) is 35.6 Å². The zero-order chi connectivity index (χ0) is 27.7. The minimum absolute atomic E-state index is 0.0139. The maximum atomic E-state index is 12.9. The lowest BCUT2D eigenvalue weighted by Crippen LogP contribution is -2.36. The second kappa shape index (κ2) is 11.1. The van der Waals surface area contributed by atoms with Crippen molar-refractivity contribution in [2.24, 2.45) is 11.8 Å². The third kappa shape index (κ3) is 6.04. The van der Waals surface area contributed by atoms with E-state index in [0.29, 0.717) is 35.7 Å². The highest BCUT2D eigenvalue weighted by atomic mass is 32.1. The summed E-state index contributed by atoms with van der Waals surface area (Å²) in [5.41, 5.74) is 6.39. The molecule has 0 aliphatic heterocycles. The Hall–Kier alpha value is -2.91. The van der Waals surface area contributed by atoms with Gasteiger partial charge in [0.25, 0.3) is 0 Å². The smallest absolute Gasteiger partial charge is 0.419 e. The number of anilines is 1. The topological polar surface area (TPSA) is 117 Å². The van der Waals surface area contributed by atoms with Crippen LogP contribution in [0, 0.1) is 11.8 Å². The fourth-order valence-electron chi connectivity index (χ4n) is 5.04. The van der Waals surface area contributed by atoms with Crippen molar-refractivity contribution < 1.29 is 24.2 Å². The van der Waals surface area contributed by atoms with Crippen LogP contribution in [0.3, 0.4) is 0 Å². The van der Waals surface area contributed by atoms with Crippen LogP contribution in [0.15, 0.2) is 30.6 Å². The Morgan fingerprint density at radius 2 is 1.89 bits per heavy atom. The molecule has 1 atom stereocenters. The number of aromatic nitrogens is 2. The third-order valence-corrected chi connectivity index (χ3v) is 8.48. The third-order valence-electron chi connectivity index (χ3n) is 7.22. The van der Waals surface area contributed by atoms with Gasteiger partial charge in [0, 0.05) is 29.0 Å². The molecule has 206 valence electrons. The number of esters is 1. The van der Waals surface area contributed by atoms with Gasteiger partial charge in [0.05, 0.1) is 22.9 Å². The molecule has 2 heterocycles. The van der Waals surface area contributed by atoms with Crippen LogP contribution in [0.1, 0.15) is 78.2 Å². The highest BCUT2D eigenvalue weighted by Gasteiger charge is 2.40. The van der Waals surface area contributed by atoms with E-state index in [4.69, 9.17) is 15.2 Å². The molecule has 8 nitrogen and oxygen atoms in total. The van der Waals surface area contributed by atoms with Gasteiger partial charge in [-0.2, -0.15) is 0 Å². The largest absolute Gasteiger partial charge is 0.465 e. The molecule has 3 N–H and O–H groups in total. The maximum absolute atomic E-state index is 12.9. The van der Waals surface area contributed by atoms with Crippen LogP contribution >= 0.6 is 11.3 Å². The van der Waals surface area contributed by atoms with Gasteiger partial charge in [0.15, 0.2) is 0 Å².